The van der Waals surface area contributed by atoms with Crippen molar-refractivity contribution in [2.24, 2.45) is 11.7 Å². The van der Waals surface area contributed by atoms with Gasteiger partial charge in [0.25, 0.3) is 0 Å². The number of carbonyl (C=O) groups excluding carboxylic acids is 2. The molecule has 0 aromatic rings. The van der Waals surface area contributed by atoms with Crippen LogP contribution in [0.15, 0.2) is 11.8 Å². The molecule has 0 aromatic heterocycles. The van der Waals surface area contributed by atoms with Crippen molar-refractivity contribution >= 4 is 11.9 Å². The molecule has 1 unspecified atom stereocenters. The molecule has 3 N–H and O–H groups in total. The second kappa shape index (κ2) is 6.15. The minimum Gasteiger partial charge on any atom is -0.461 e. The fraction of sp³-hybridized carbons (Fsp3) is 0.636. The summed E-state index contributed by atoms with van der Waals surface area (Å²) >= 11 is 0. The van der Waals surface area contributed by atoms with Crippen LogP contribution >= 0.6 is 0 Å². The second-order valence-corrected chi connectivity index (χ2v) is 3.73. The summed E-state index contributed by atoms with van der Waals surface area (Å²) in [5, 5.41) is 2.77. The Morgan fingerprint density at radius 3 is 3.00 bits per heavy atom. The smallest absolute Gasteiger partial charge is 0.353 e. The van der Waals surface area contributed by atoms with E-state index in [0.29, 0.717) is 13.0 Å². The van der Waals surface area contributed by atoms with E-state index in [1.54, 1.807) is 13.0 Å². The topological polar surface area (TPSA) is 81.4 Å². The van der Waals surface area contributed by atoms with Gasteiger partial charge in [0.05, 0.1) is 6.61 Å². The number of nitrogens with two attached hydrogens (primary N) is 1. The fourth-order valence-electron chi connectivity index (χ4n) is 1.66. The molecular formula is C11H18N2O3. The van der Waals surface area contributed by atoms with E-state index in [1.165, 1.54) is 0 Å². The Bertz CT molecular complexity index is 300. The van der Waals surface area contributed by atoms with Crippen molar-refractivity contribution < 1.29 is 14.3 Å². The Morgan fingerprint density at radius 1 is 1.69 bits per heavy atom. The van der Waals surface area contributed by atoms with E-state index in [9.17, 15) is 9.59 Å². The highest BCUT2D eigenvalue weighted by Gasteiger charge is 2.22. The molecule has 1 aliphatic rings. The number of hydrogen-bond donors (Lipinski definition) is 2. The molecular weight excluding hydrogens is 208 g/mol. The first-order valence-corrected chi connectivity index (χ1v) is 5.55. The van der Waals surface area contributed by atoms with Gasteiger partial charge < -0.3 is 15.8 Å². The molecule has 1 atom stereocenters. The van der Waals surface area contributed by atoms with Crippen LogP contribution in [-0.2, 0) is 14.3 Å². The third kappa shape index (κ3) is 3.56. The van der Waals surface area contributed by atoms with Crippen LogP contribution in [-0.4, -0.2) is 25.0 Å². The molecule has 0 aromatic carbocycles. The standard InChI is InChI=1S/C11H18N2O3/c1-2-16-11(15)9(12)5-3-4-8-6-7-13-10(8)14/h5,8H,2-4,6-7,12H2,1H3,(H,13,14)/b9-5-. The zero-order valence-corrected chi connectivity index (χ0v) is 9.49. The van der Waals surface area contributed by atoms with Crippen molar-refractivity contribution in [3.05, 3.63) is 11.8 Å². The Labute approximate surface area is 95.0 Å². The first-order valence-electron chi connectivity index (χ1n) is 5.55. The van der Waals surface area contributed by atoms with Crippen molar-refractivity contribution in [1.82, 2.24) is 5.32 Å². The maximum absolute atomic E-state index is 11.2. The second-order valence-electron chi connectivity index (χ2n) is 3.73. The van der Waals surface area contributed by atoms with E-state index in [1.807, 2.05) is 0 Å². The molecule has 1 amide bonds. The highest BCUT2D eigenvalue weighted by molar-refractivity contribution is 5.87. The monoisotopic (exact) mass is 226 g/mol. The lowest BCUT2D eigenvalue weighted by Crippen LogP contribution is -2.19. The van der Waals surface area contributed by atoms with Gasteiger partial charge in [-0.25, -0.2) is 4.79 Å². The number of allylic oxidation sites excluding steroid dienone is 1. The summed E-state index contributed by atoms with van der Waals surface area (Å²) in [5.41, 5.74) is 5.63. The number of carbonyl (C=O) groups is 2. The normalized spacial score (nSPS) is 20.7. The van der Waals surface area contributed by atoms with Crippen LogP contribution in [0.25, 0.3) is 0 Å². The van der Waals surface area contributed by atoms with Crippen molar-refractivity contribution in [2.75, 3.05) is 13.2 Å². The molecule has 1 aliphatic heterocycles. The zero-order valence-electron chi connectivity index (χ0n) is 9.49. The first-order chi connectivity index (χ1) is 7.65. The Balaban J connectivity index is 2.30. The van der Waals surface area contributed by atoms with Crippen molar-refractivity contribution in [3.63, 3.8) is 0 Å². The minimum absolute atomic E-state index is 0.0613. The zero-order chi connectivity index (χ0) is 12.0. The van der Waals surface area contributed by atoms with Crippen molar-refractivity contribution in [1.29, 1.82) is 0 Å². The molecule has 1 saturated heterocycles. The molecule has 5 nitrogen and oxygen atoms in total. The van der Waals surface area contributed by atoms with Gasteiger partial charge >= 0.3 is 5.97 Å². The summed E-state index contributed by atoms with van der Waals surface area (Å²) < 4.78 is 4.74. The number of nitrogens with one attached hydrogen (secondary N) is 1. The van der Waals surface area contributed by atoms with Crippen LogP contribution in [0.3, 0.4) is 0 Å². The highest BCUT2D eigenvalue weighted by Crippen LogP contribution is 2.16. The molecule has 1 heterocycles. The molecule has 0 radical (unpaired) electrons. The van der Waals surface area contributed by atoms with E-state index in [0.717, 1.165) is 19.4 Å². The Kier molecular flexibility index (Phi) is 4.82. The quantitative estimate of drug-likeness (QED) is 0.522. The lowest BCUT2D eigenvalue weighted by atomic mass is 10.0. The van der Waals surface area contributed by atoms with Gasteiger partial charge in [-0.15, -0.1) is 0 Å². The number of ether oxygens (including phenoxy) is 1. The van der Waals surface area contributed by atoms with Crippen LogP contribution in [0.2, 0.25) is 0 Å². The predicted octanol–water partition coefficient (Wildman–Crippen LogP) is 0.308. The molecule has 0 saturated carbocycles. The van der Waals surface area contributed by atoms with Gasteiger partial charge in [-0.3, -0.25) is 4.79 Å². The van der Waals surface area contributed by atoms with Gasteiger partial charge in [-0.1, -0.05) is 6.08 Å². The van der Waals surface area contributed by atoms with E-state index >= 15 is 0 Å². The van der Waals surface area contributed by atoms with Gasteiger partial charge in [-0.2, -0.15) is 0 Å². The number of amides is 1. The minimum atomic E-state index is -0.488. The molecule has 5 heteroatoms. The van der Waals surface area contributed by atoms with E-state index in [4.69, 9.17) is 10.5 Å². The summed E-state index contributed by atoms with van der Waals surface area (Å²) in [4.78, 5) is 22.4. The predicted molar refractivity (Wildman–Crippen MR) is 59.3 cm³/mol. The van der Waals surface area contributed by atoms with E-state index < -0.39 is 5.97 Å². The van der Waals surface area contributed by atoms with Crippen LogP contribution in [0, 0.1) is 5.92 Å². The van der Waals surface area contributed by atoms with E-state index in [-0.39, 0.29) is 17.5 Å². The number of esters is 1. The summed E-state index contributed by atoms with van der Waals surface area (Å²) in [6.07, 6.45) is 3.85. The highest BCUT2D eigenvalue weighted by atomic mass is 16.5. The summed E-state index contributed by atoms with van der Waals surface area (Å²) in [7, 11) is 0. The average Bonchev–Trinajstić information content (AvgIpc) is 2.65. The fourth-order valence-corrected chi connectivity index (χ4v) is 1.66. The Morgan fingerprint density at radius 2 is 2.44 bits per heavy atom. The maximum Gasteiger partial charge on any atom is 0.353 e. The van der Waals surface area contributed by atoms with Gasteiger partial charge in [0.15, 0.2) is 0 Å². The number of rotatable bonds is 5. The van der Waals surface area contributed by atoms with Crippen LogP contribution in [0.4, 0.5) is 0 Å². The molecule has 0 spiro atoms. The van der Waals surface area contributed by atoms with Gasteiger partial charge in [0.2, 0.25) is 5.91 Å². The SMILES string of the molecule is CCOC(=O)/C(N)=C/CCC1CCNC1=O. The molecule has 0 aliphatic carbocycles. The maximum atomic E-state index is 11.2. The van der Waals surface area contributed by atoms with Crippen molar-refractivity contribution in [2.45, 2.75) is 26.2 Å². The molecule has 1 rings (SSSR count). The van der Waals surface area contributed by atoms with Gasteiger partial charge in [-0.05, 0) is 26.2 Å². The van der Waals surface area contributed by atoms with Crippen molar-refractivity contribution in [3.8, 4) is 0 Å². The summed E-state index contributed by atoms with van der Waals surface area (Å²) in [6.45, 7) is 2.80. The van der Waals surface area contributed by atoms with Crippen LogP contribution in [0.1, 0.15) is 26.2 Å². The van der Waals surface area contributed by atoms with Crippen LogP contribution in [0.5, 0.6) is 0 Å². The third-order valence-corrected chi connectivity index (χ3v) is 2.55. The van der Waals surface area contributed by atoms with E-state index in [2.05, 4.69) is 5.32 Å². The lowest BCUT2D eigenvalue weighted by molar-refractivity contribution is -0.138. The molecule has 0 bridgehead atoms. The summed E-state index contributed by atoms with van der Waals surface area (Å²) in [6, 6.07) is 0. The number of hydrogen-bond acceptors (Lipinski definition) is 4. The molecule has 1 fully saturated rings. The first kappa shape index (κ1) is 12.5. The summed E-state index contributed by atoms with van der Waals surface area (Å²) in [5.74, 6) is -0.326. The largest absolute Gasteiger partial charge is 0.461 e. The van der Waals surface area contributed by atoms with Crippen LogP contribution < -0.4 is 11.1 Å². The third-order valence-electron chi connectivity index (χ3n) is 2.55. The van der Waals surface area contributed by atoms with Gasteiger partial charge in [0.1, 0.15) is 5.70 Å². The molecule has 16 heavy (non-hydrogen) atoms. The molecule has 90 valence electrons. The lowest BCUT2D eigenvalue weighted by Gasteiger charge is -2.04. The average molecular weight is 226 g/mol. The van der Waals surface area contributed by atoms with Gasteiger partial charge in [0, 0.05) is 12.5 Å². The Hall–Kier alpha value is -1.52.